The molecular weight excluding hydrogens is 360 g/mol. The van der Waals surface area contributed by atoms with Gasteiger partial charge in [-0.05, 0) is 34.1 Å². The number of ether oxygens (including phenoxy) is 1. The van der Waals surface area contributed by atoms with Crippen LogP contribution < -0.4 is 5.32 Å². The summed E-state index contributed by atoms with van der Waals surface area (Å²) in [6.07, 6.45) is -10.9. The molecule has 0 bridgehead atoms. The summed E-state index contributed by atoms with van der Waals surface area (Å²) in [5.41, 5.74) is -1.42. The molecule has 0 fully saturated rings. The second-order valence-corrected chi connectivity index (χ2v) is 4.36. The summed E-state index contributed by atoms with van der Waals surface area (Å²) >= 11 is 2.86. The van der Waals surface area contributed by atoms with Gasteiger partial charge in [0.1, 0.15) is 0 Å². The van der Waals surface area contributed by atoms with Gasteiger partial charge in [-0.3, -0.25) is 5.32 Å². The third kappa shape index (κ3) is 5.27. The van der Waals surface area contributed by atoms with E-state index in [1.165, 1.54) is 0 Å². The van der Waals surface area contributed by atoms with Crippen LogP contribution in [0.3, 0.4) is 0 Å². The number of carbonyl (C=O) groups excluding carboxylic acids is 1. The topological polar surface area (TPSA) is 38.3 Å². The molecule has 0 aliphatic rings. The van der Waals surface area contributed by atoms with E-state index in [1.54, 1.807) is 5.32 Å². The zero-order valence-electron chi connectivity index (χ0n) is 9.40. The van der Waals surface area contributed by atoms with E-state index in [0.717, 1.165) is 12.1 Å². The summed E-state index contributed by atoms with van der Waals surface area (Å²) < 4.78 is 76.6. The molecule has 20 heavy (non-hydrogen) atoms. The number of benzene rings is 1. The van der Waals surface area contributed by atoms with E-state index in [1.807, 2.05) is 0 Å². The van der Waals surface area contributed by atoms with Gasteiger partial charge in [-0.2, -0.15) is 26.3 Å². The van der Waals surface area contributed by atoms with E-state index in [9.17, 15) is 31.1 Å². The molecule has 1 rings (SSSR count). The second kappa shape index (κ2) is 5.90. The molecule has 0 unspecified atom stereocenters. The number of nitrogens with one attached hydrogen (secondary N) is 1. The van der Waals surface area contributed by atoms with Crippen LogP contribution in [0.5, 0.6) is 0 Å². The number of anilines is 1. The van der Waals surface area contributed by atoms with Gasteiger partial charge in [-0.15, -0.1) is 0 Å². The van der Waals surface area contributed by atoms with Gasteiger partial charge in [0.05, 0.1) is 11.3 Å². The van der Waals surface area contributed by atoms with Gasteiger partial charge in [0.25, 0.3) is 0 Å². The zero-order valence-corrected chi connectivity index (χ0v) is 11.0. The first-order valence-electron chi connectivity index (χ1n) is 4.86. The van der Waals surface area contributed by atoms with E-state index < -0.39 is 30.6 Å². The predicted octanol–water partition coefficient (Wildman–Crippen LogP) is 4.58. The number of halogens is 7. The summed E-state index contributed by atoms with van der Waals surface area (Å²) in [6.45, 7) is -1.84. The van der Waals surface area contributed by atoms with Crippen LogP contribution in [0.2, 0.25) is 0 Å². The first-order valence-corrected chi connectivity index (χ1v) is 5.65. The van der Waals surface area contributed by atoms with E-state index in [4.69, 9.17) is 0 Å². The maximum absolute atomic E-state index is 12.4. The minimum Gasteiger partial charge on any atom is -0.440 e. The highest BCUT2D eigenvalue weighted by Crippen LogP contribution is 2.34. The highest BCUT2D eigenvalue weighted by atomic mass is 79.9. The van der Waals surface area contributed by atoms with Crippen molar-refractivity contribution in [2.75, 3.05) is 11.9 Å². The molecule has 3 nitrogen and oxygen atoms in total. The summed E-state index contributed by atoms with van der Waals surface area (Å²) in [5, 5.41) is 1.79. The molecule has 0 heterocycles. The lowest BCUT2D eigenvalue weighted by atomic mass is 10.2. The average Bonchev–Trinajstić information content (AvgIpc) is 2.27. The van der Waals surface area contributed by atoms with Gasteiger partial charge >= 0.3 is 18.4 Å². The number of carbonyl (C=O) groups is 1. The fraction of sp³-hybridized carbons (Fsp3) is 0.300. The Hall–Kier alpha value is -1.45. The van der Waals surface area contributed by atoms with Crippen LogP contribution in [0.1, 0.15) is 5.56 Å². The molecule has 112 valence electrons. The first-order chi connectivity index (χ1) is 8.99. The molecule has 1 aromatic rings. The number of alkyl halides is 6. The monoisotopic (exact) mass is 365 g/mol. The minimum absolute atomic E-state index is 0.0643. The van der Waals surface area contributed by atoms with E-state index in [0.29, 0.717) is 6.07 Å². The van der Waals surface area contributed by atoms with Crippen LogP contribution >= 0.6 is 15.9 Å². The van der Waals surface area contributed by atoms with Crippen LogP contribution in [0.15, 0.2) is 22.7 Å². The predicted molar refractivity (Wildman–Crippen MR) is 60.2 cm³/mol. The molecule has 0 saturated carbocycles. The molecule has 1 amide bonds. The Labute approximate surface area is 117 Å². The molecule has 0 spiro atoms. The standard InChI is InChI=1S/C10H6BrF6NO2/c11-6-2-1-5(10(15,16)17)3-7(6)18-8(19)20-4-9(12,13)14/h1-3H,4H2,(H,18,19). The summed E-state index contributed by atoms with van der Waals surface area (Å²) in [6, 6.07) is 2.32. The van der Waals surface area contributed by atoms with E-state index in [-0.39, 0.29) is 10.2 Å². The largest absolute Gasteiger partial charge is 0.440 e. The number of hydrogen-bond donors (Lipinski definition) is 1. The Kier molecular flexibility index (Phi) is 4.90. The molecule has 0 aromatic heterocycles. The maximum atomic E-state index is 12.4. The van der Waals surface area contributed by atoms with Crippen molar-refractivity contribution in [3.05, 3.63) is 28.2 Å². The number of hydrogen-bond acceptors (Lipinski definition) is 2. The van der Waals surface area contributed by atoms with Gasteiger partial charge in [0, 0.05) is 4.47 Å². The summed E-state index contributed by atoms with van der Waals surface area (Å²) in [4.78, 5) is 11.0. The number of amides is 1. The van der Waals surface area contributed by atoms with Gasteiger partial charge in [0.2, 0.25) is 0 Å². The van der Waals surface area contributed by atoms with Crippen LogP contribution in [0.25, 0.3) is 0 Å². The molecule has 0 saturated heterocycles. The van der Waals surface area contributed by atoms with E-state index in [2.05, 4.69) is 20.7 Å². The van der Waals surface area contributed by atoms with Crippen molar-refractivity contribution in [2.45, 2.75) is 12.4 Å². The molecule has 1 N–H and O–H groups in total. The van der Waals surface area contributed by atoms with Crippen LogP contribution in [-0.2, 0) is 10.9 Å². The quantitative estimate of drug-likeness (QED) is 0.779. The molecule has 1 aromatic carbocycles. The molecule has 0 aliphatic heterocycles. The van der Waals surface area contributed by atoms with Crippen LogP contribution in [0, 0.1) is 0 Å². The van der Waals surface area contributed by atoms with E-state index >= 15 is 0 Å². The molecule has 10 heteroatoms. The van der Waals surface area contributed by atoms with Gasteiger partial charge in [-0.25, -0.2) is 4.79 Å². The SMILES string of the molecule is O=C(Nc1cc(C(F)(F)F)ccc1Br)OCC(F)(F)F. The fourth-order valence-electron chi connectivity index (χ4n) is 1.09. The Morgan fingerprint density at radius 2 is 1.80 bits per heavy atom. The lowest BCUT2D eigenvalue weighted by molar-refractivity contribution is -0.159. The Bertz CT molecular complexity index is 500. The van der Waals surface area contributed by atoms with Crippen molar-refractivity contribution in [1.82, 2.24) is 0 Å². The molecule has 0 aliphatic carbocycles. The third-order valence-electron chi connectivity index (χ3n) is 1.90. The Balaban J connectivity index is 2.79. The lowest BCUT2D eigenvalue weighted by Crippen LogP contribution is -2.23. The summed E-state index contributed by atoms with van der Waals surface area (Å²) in [5.74, 6) is 0. The fourth-order valence-corrected chi connectivity index (χ4v) is 1.44. The third-order valence-corrected chi connectivity index (χ3v) is 2.59. The van der Waals surface area contributed by atoms with Gasteiger partial charge in [0.15, 0.2) is 6.61 Å². The summed E-state index contributed by atoms with van der Waals surface area (Å²) in [7, 11) is 0. The molecule has 0 atom stereocenters. The van der Waals surface area contributed by atoms with Crippen molar-refractivity contribution < 1.29 is 35.9 Å². The van der Waals surface area contributed by atoms with Gasteiger partial charge < -0.3 is 4.74 Å². The number of rotatable bonds is 2. The van der Waals surface area contributed by atoms with Crippen molar-refractivity contribution in [3.63, 3.8) is 0 Å². The van der Waals surface area contributed by atoms with Crippen molar-refractivity contribution in [2.24, 2.45) is 0 Å². The van der Waals surface area contributed by atoms with Gasteiger partial charge in [-0.1, -0.05) is 0 Å². The van der Waals surface area contributed by atoms with Crippen LogP contribution in [-0.4, -0.2) is 18.9 Å². The zero-order chi connectivity index (χ0) is 15.6. The first kappa shape index (κ1) is 16.6. The normalized spacial score (nSPS) is 12.2. The maximum Gasteiger partial charge on any atom is 0.422 e. The Morgan fingerprint density at radius 1 is 1.20 bits per heavy atom. The Morgan fingerprint density at radius 3 is 2.30 bits per heavy atom. The highest BCUT2D eigenvalue weighted by Gasteiger charge is 2.32. The van der Waals surface area contributed by atoms with Crippen LogP contribution in [0.4, 0.5) is 36.8 Å². The van der Waals surface area contributed by atoms with Crippen molar-refractivity contribution in [3.8, 4) is 0 Å². The lowest BCUT2D eigenvalue weighted by Gasteiger charge is -2.12. The minimum atomic E-state index is -4.72. The average molecular weight is 366 g/mol. The van der Waals surface area contributed by atoms with Crippen molar-refractivity contribution in [1.29, 1.82) is 0 Å². The molecule has 0 radical (unpaired) electrons. The molecular formula is C10H6BrF6NO2. The second-order valence-electron chi connectivity index (χ2n) is 3.51. The smallest absolute Gasteiger partial charge is 0.422 e. The highest BCUT2D eigenvalue weighted by molar-refractivity contribution is 9.10. The van der Waals surface area contributed by atoms with Crippen molar-refractivity contribution >= 4 is 27.7 Å².